The lowest BCUT2D eigenvalue weighted by molar-refractivity contribution is -0.135. The van der Waals surface area contributed by atoms with Crippen LogP contribution in [0.1, 0.15) is 24.1 Å². The van der Waals surface area contributed by atoms with Gasteiger partial charge in [0.2, 0.25) is 5.91 Å². The summed E-state index contributed by atoms with van der Waals surface area (Å²) in [5.41, 5.74) is -0.0820. The summed E-state index contributed by atoms with van der Waals surface area (Å²) >= 11 is 1.81. The Balaban J connectivity index is 1.50. The molecule has 1 aromatic heterocycles. The molecule has 1 amide bonds. The molecular formula is C17H26N2O3S. The molecule has 6 heteroatoms. The Bertz CT molecular complexity index is 520. The molecule has 0 unspecified atom stereocenters. The number of hydrogen-bond acceptors (Lipinski definition) is 5. The van der Waals surface area contributed by atoms with E-state index < -0.39 is 0 Å². The van der Waals surface area contributed by atoms with Gasteiger partial charge in [-0.1, -0.05) is 6.07 Å². The lowest BCUT2D eigenvalue weighted by atomic mass is 9.89. The van der Waals surface area contributed by atoms with E-state index in [0.717, 1.165) is 38.9 Å². The molecule has 0 N–H and O–H groups in total. The zero-order valence-corrected chi connectivity index (χ0v) is 14.8. The minimum atomic E-state index is -0.0820. The summed E-state index contributed by atoms with van der Waals surface area (Å²) in [7, 11) is 3.50. The van der Waals surface area contributed by atoms with E-state index in [1.807, 2.05) is 11.3 Å². The molecular weight excluding hydrogens is 312 g/mol. The Hall–Kier alpha value is -0.950. The van der Waals surface area contributed by atoms with E-state index in [-0.39, 0.29) is 24.2 Å². The second-order valence-corrected chi connectivity index (χ2v) is 7.85. The Kier molecular flexibility index (Phi) is 5.36. The largest absolute Gasteiger partial charge is 0.371 e. The maximum Gasteiger partial charge on any atom is 0.248 e. The van der Waals surface area contributed by atoms with Gasteiger partial charge in [0.15, 0.2) is 0 Å². The van der Waals surface area contributed by atoms with Gasteiger partial charge >= 0.3 is 0 Å². The van der Waals surface area contributed by atoms with Crippen molar-refractivity contribution in [3.8, 4) is 0 Å². The molecule has 3 heterocycles. The van der Waals surface area contributed by atoms with Crippen LogP contribution in [0.3, 0.4) is 0 Å². The van der Waals surface area contributed by atoms with Crippen LogP contribution in [0.15, 0.2) is 17.5 Å². The number of piperidine rings is 1. The number of ether oxygens (including phenoxy) is 2. The normalized spacial score (nSPS) is 28.3. The van der Waals surface area contributed by atoms with E-state index in [2.05, 4.69) is 22.4 Å². The molecule has 2 aliphatic heterocycles. The first-order valence-electron chi connectivity index (χ1n) is 8.27. The minimum Gasteiger partial charge on any atom is -0.371 e. The number of carbonyl (C=O) groups is 1. The Morgan fingerprint density at radius 2 is 2.43 bits per heavy atom. The number of likely N-dealkylation sites (N-methyl/N-ethyl adjacent to an activating group) is 1. The van der Waals surface area contributed by atoms with Crippen LogP contribution in [0, 0.1) is 0 Å². The van der Waals surface area contributed by atoms with Crippen molar-refractivity contribution in [2.45, 2.75) is 37.5 Å². The van der Waals surface area contributed by atoms with Crippen LogP contribution < -0.4 is 0 Å². The van der Waals surface area contributed by atoms with Crippen molar-refractivity contribution >= 4 is 17.2 Å². The number of carbonyl (C=O) groups excluding carboxylic acids is 1. The maximum atomic E-state index is 11.7. The molecule has 0 saturated carbocycles. The van der Waals surface area contributed by atoms with Crippen LogP contribution in [-0.2, 0) is 20.8 Å². The first kappa shape index (κ1) is 16.9. The molecule has 2 aliphatic rings. The Labute approximate surface area is 142 Å². The maximum absolute atomic E-state index is 11.7. The number of hydrogen-bond donors (Lipinski definition) is 0. The number of likely N-dealkylation sites (tertiary alicyclic amines) is 1. The molecule has 2 saturated heterocycles. The summed E-state index contributed by atoms with van der Waals surface area (Å²) in [6.45, 7) is 3.86. The molecule has 1 aromatic rings. The van der Waals surface area contributed by atoms with Crippen molar-refractivity contribution < 1.29 is 14.3 Å². The highest BCUT2D eigenvalue weighted by molar-refractivity contribution is 7.09. The summed E-state index contributed by atoms with van der Waals surface area (Å²) in [6, 6.07) is 4.30. The van der Waals surface area contributed by atoms with Crippen molar-refractivity contribution in [2.24, 2.45) is 0 Å². The van der Waals surface area contributed by atoms with Gasteiger partial charge in [-0.3, -0.25) is 9.69 Å². The van der Waals surface area contributed by atoms with E-state index in [9.17, 15) is 4.79 Å². The Morgan fingerprint density at radius 1 is 1.57 bits per heavy atom. The molecule has 0 aromatic carbocycles. The van der Waals surface area contributed by atoms with Crippen LogP contribution in [0.25, 0.3) is 0 Å². The molecule has 128 valence electrons. The van der Waals surface area contributed by atoms with E-state index in [0.29, 0.717) is 6.61 Å². The van der Waals surface area contributed by atoms with Gasteiger partial charge in [0, 0.05) is 38.5 Å². The molecule has 23 heavy (non-hydrogen) atoms. The van der Waals surface area contributed by atoms with Crippen LogP contribution in [0.4, 0.5) is 0 Å². The van der Waals surface area contributed by atoms with Crippen molar-refractivity contribution in [3.05, 3.63) is 22.4 Å². The standard InChI is InChI=1S/C17H26N2O3S/c1-18(2)16(20)12-21-14-9-17(22-11-14)6-4-7-19(13-17)10-15-5-3-8-23-15/h3,5,8,14H,4,6-7,9-13H2,1-2H3/t14-,17-/m1/s1. The average molecular weight is 338 g/mol. The molecule has 2 atom stereocenters. The molecule has 3 rings (SSSR count). The Morgan fingerprint density at radius 3 is 3.17 bits per heavy atom. The summed E-state index contributed by atoms with van der Waals surface area (Å²) in [5, 5.41) is 2.13. The van der Waals surface area contributed by atoms with Gasteiger partial charge in [0.05, 0.1) is 18.3 Å². The molecule has 0 aliphatic carbocycles. The second-order valence-electron chi connectivity index (χ2n) is 6.81. The van der Waals surface area contributed by atoms with E-state index in [1.54, 1.807) is 19.0 Å². The summed E-state index contributed by atoms with van der Waals surface area (Å²) < 4.78 is 11.9. The van der Waals surface area contributed by atoms with Crippen molar-refractivity contribution in [1.82, 2.24) is 9.80 Å². The summed E-state index contributed by atoms with van der Waals surface area (Å²) in [4.78, 5) is 17.1. The molecule has 0 radical (unpaired) electrons. The topological polar surface area (TPSA) is 42.0 Å². The van der Waals surface area contributed by atoms with Gasteiger partial charge in [-0.15, -0.1) is 11.3 Å². The molecule has 2 fully saturated rings. The SMILES string of the molecule is CN(C)C(=O)CO[C@H]1CO[C@]2(CCCN(Cc3cccs3)C2)C1. The first-order valence-corrected chi connectivity index (χ1v) is 9.15. The van der Waals surface area contributed by atoms with Gasteiger partial charge in [0.1, 0.15) is 6.61 Å². The van der Waals surface area contributed by atoms with Crippen molar-refractivity contribution in [1.29, 1.82) is 0 Å². The number of thiophene rings is 1. The third-order valence-corrected chi connectivity index (χ3v) is 5.56. The van der Waals surface area contributed by atoms with Gasteiger partial charge in [-0.05, 0) is 30.8 Å². The fourth-order valence-electron chi connectivity index (χ4n) is 3.46. The number of amides is 1. The summed E-state index contributed by atoms with van der Waals surface area (Å²) in [6.07, 6.45) is 3.19. The second kappa shape index (κ2) is 7.30. The van der Waals surface area contributed by atoms with E-state index in [1.165, 1.54) is 4.88 Å². The van der Waals surface area contributed by atoms with Crippen LogP contribution in [0.5, 0.6) is 0 Å². The third kappa shape index (κ3) is 4.32. The predicted molar refractivity (Wildman–Crippen MR) is 90.6 cm³/mol. The molecule has 1 spiro atoms. The monoisotopic (exact) mass is 338 g/mol. The number of rotatable bonds is 5. The highest BCUT2D eigenvalue weighted by atomic mass is 32.1. The fourth-order valence-corrected chi connectivity index (χ4v) is 4.21. The average Bonchev–Trinajstić information content (AvgIpc) is 3.15. The number of nitrogens with zero attached hydrogens (tertiary/aromatic N) is 2. The molecule has 5 nitrogen and oxygen atoms in total. The van der Waals surface area contributed by atoms with Crippen LogP contribution in [0.2, 0.25) is 0 Å². The van der Waals surface area contributed by atoms with Gasteiger partial charge in [-0.25, -0.2) is 0 Å². The quantitative estimate of drug-likeness (QED) is 0.823. The van der Waals surface area contributed by atoms with Gasteiger partial charge in [-0.2, -0.15) is 0 Å². The van der Waals surface area contributed by atoms with Crippen LogP contribution >= 0.6 is 11.3 Å². The highest BCUT2D eigenvalue weighted by Crippen LogP contribution is 2.36. The van der Waals surface area contributed by atoms with E-state index in [4.69, 9.17) is 9.47 Å². The smallest absolute Gasteiger partial charge is 0.248 e. The zero-order valence-electron chi connectivity index (χ0n) is 14.0. The predicted octanol–water partition coefficient (Wildman–Crippen LogP) is 1.98. The van der Waals surface area contributed by atoms with Crippen molar-refractivity contribution in [2.75, 3.05) is 40.4 Å². The molecule has 0 bridgehead atoms. The summed E-state index contributed by atoms with van der Waals surface area (Å²) in [5.74, 6) is 0.00826. The van der Waals surface area contributed by atoms with Gasteiger partial charge < -0.3 is 14.4 Å². The lowest BCUT2D eigenvalue weighted by Crippen LogP contribution is -2.47. The lowest BCUT2D eigenvalue weighted by Gasteiger charge is -2.39. The van der Waals surface area contributed by atoms with Crippen LogP contribution in [-0.4, -0.2) is 67.8 Å². The third-order valence-electron chi connectivity index (χ3n) is 4.69. The highest BCUT2D eigenvalue weighted by Gasteiger charge is 2.44. The van der Waals surface area contributed by atoms with Gasteiger partial charge in [0.25, 0.3) is 0 Å². The minimum absolute atomic E-state index is 0.00826. The fraction of sp³-hybridized carbons (Fsp3) is 0.706. The van der Waals surface area contributed by atoms with Crippen molar-refractivity contribution in [3.63, 3.8) is 0 Å². The van der Waals surface area contributed by atoms with E-state index >= 15 is 0 Å². The zero-order chi connectivity index (χ0) is 16.3. The first-order chi connectivity index (χ1) is 11.1.